The van der Waals surface area contributed by atoms with Crippen molar-refractivity contribution in [2.75, 3.05) is 7.05 Å². The molecule has 0 heterocycles. The fraction of sp³-hybridized carbons (Fsp3) is 0.333. The van der Waals surface area contributed by atoms with E-state index < -0.39 is 11.8 Å². The van der Waals surface area contributed by atoms with E-state index in [2.05, 4.69) is 11.1 Å². The average Bonchev–Trinajstić information content (AvgIpc) is 1.65. The van der Waals surface area contributed by atoms with E-state index >= 15 is 0 Å². The van der Waals surface area contributed by atoms with Crippen molar-refractivity contribution in [3.8, 4) is 0 Å². The minimum absolute atomic E-state index is 0.653. The summed E-state index contributed by atoms with van der Waals surface area (Å²) >= 11 is 0. The molecule has 4 N–H and O–H groups in total. The van der Waals surface area contributed by atoms with Gasteiger partial charge in [0.2, 0.25) is 0 Å². The molecular weight excluding hydrogens is 96.0 g/mol. The van der Waals surface area contributed by atoms with Crippen LogP contribution in [0.2, 0.25) is 0 Å². The van der Waals surface area contributed by atoms with Crippen molar-refractivity contribution in [3.05, 3.63) is 0 Å². The molecule has 0 saturated carbocycles. The van der Waals surface area contributed by atoms with Crippen LogP contribution in [0, 0.1) is 0 Å². The summed E-state index contributed by atoms with van der Waals surface area (Å²) in [5, 5.41) is 2.11. The molecule has 7 heavy (non-hydrogen) atoms. The minimum atomic E-state index is -0.706. The lowest BCUT2D eigenvalue weighted by atomic mass is 10.6. The molecule has 4 nitrogen and oxygen atoms in total. The van der Waals surface area contributed by atoms with E-state index in [9.17, 15) is 9.59 Å². The molecule has 0 fully saturated rings. The molecule has 0 aromatic carbocycles. The highest BCUT2D eigenvalue weighted by Gasteiger charge is 2.07. The van der Waals surface area contributed by atoms with Gasteiger partial charge in [0.1, 0.15) is 0 Å². The summed E-state index contributed by atoms with van der Waals surface area (Å²) in [6.45, 7) is 0. The van der Waals surface area contributed by atoms with Crippen molar-refractivity contribution in [1.29, 1.82) is 0 Å². The van der Waals surface area contributed by atoms with Crippen LogP contribution in [0.25, 0.3) is 0 Å². The van der Waals surface area contributed by atoms with Gasteiger partial charge in [-0.1, -0.05) is 0 Å². The van der Waals surface area contributed by atoms with Crippen LogP contribution >= 0.6 is 0 Å². The summed E-state index contributed by atoms with van der Waals surface area (Å²) in [5.41, 5.74) is 2.86. The summed E-state index contributed by atoms with van der Waals surface area (Å²) in [5.74, 6) is -1.36. The molecule has 0 atom stereocenters. The Kier molecular flexibility index (Phi) is 2.01. The normalized spacial score (nSPS) is 7.71. The summed E-state index contributed by atoms with van der Waals surface area (Å²) in [7, 11) is 1.38. The van der Waals surface area contributed by atoms with Gasteiger partial charge in [0, 0.05) is 7.05 Å². The number of rotatable bonds is 0. The van der Waals surface area contributed by atoms with Gasteiger partial charge in [-0.2, -0.15) is 0 Å². The smallest absolute Gasteiger partial charge is 0.347 e. The molecule has 0 saturated heterocycles. The second-order valence-electron chi connectivity index (χ2n) is 1.00. The van der Waals surface area contributed by atoms with Gasteiger partial charge < -0.3 is 5.32 Å². The predicted octanol–water partition coefficient (Wildman–Crippen LogP) is -2.50. The fourth-order valence-corrected chi connectivity index (χ4v) is 0.139. The van der Waals surface area contributed by atoms with Crippen molar-refractivity contribution in [2.24, 2.45) is 0 Å². The first kappa shape index (κ1) is 6.10. The molecule has 0 bridgehead atoms. The first-order chi connectivity index (χ1) is 3.18. The van der Waals surface area contributed by atoms with Gasteiger partial charge in [-0.15, -0.1) is 0 Å². The molecule has 0 aliphatic carbocycles. The van der Waals surface area contributed by atoms with Crippen LogP contribution in [0.3, 0.4) is 0 Å². The van der Waals surface area contributed by atoms with Crippen LogP contribution in [-0.2, 0) is 9.59 Å². The molecular formula is C3H7N2O2+. The van der Waals surface area contributed by atoms with Crippen LogP contribution in [0.5, 0.6) is 0 Å². The fourth-order valence-electron chi connectivity index (χ4n) is 0.139. The van der Waals surface area contributed by atoms with Gasteiger partial charge in [-0.25, -0.2) is 4.79 Å². The number of nitrogens with one attached hydrogen (secondary N) is 1. The van der Waals surface area contributed by atoms with Gasteiger partial charge in [-0.3, -0.25) is 10.5 Å². The monoisotopic (exact) mass is 103 g/mol. The lowest BCUT2D eigenvalue weighted by Gasteiger charge is -1.83. The zero-order chi connectivity index (χ0) is 5.86. The van der Waals surface area contributed by atoms with Crippen molar-refractivity contribution in [1.82, 2.24) is 5.32 Å². The molecule has 2 amide bonds. The van der Waals surface area contributed by atoms with E-state index in [1.807, 2.05) is 0 Å². The topological polar surface area (TPSA) is 73.8 Å². The first-order valence-electron chi connectivity index (χ1n) is 1.76. The summed E-state index contributed by atoms with van der Waals surface area (Å²) in [4.78, 5) is 19.8. The molecule has 0 aliphatic heterocycles. The van der Waals surface area contributed by atoms with Gasteiger partial charge in [0.25, 0.3) is 0 Å². The summed E-state index contributed by atoms with van der Waals surface area (Å²) in [6, 6.07) is 0. The van der Waals surface area contributed by atoms with Crippen molar-refractivity contribution in [2.45, 2.75) is 0 Å². The third-order valence-corrected chi connectivity index (χ3v) is 0.480. The number of amides is 2. The molecule has 0 unspecified atom stereocenters. The van der Waals surface area contributed by atoms with E-state index in [1.165, 1.54) is 7.05 Å². The van der Waals surface area contributed by atoms with E-state index in [0.717, 1.165) is 0 Å². The highest BCUT2D eigenvalue weighted by atomic mass is 16.2. The quantitative estimate of drug-likeness (QED) is 0.333. The Morgan fingerprint density at radius 1 is 1.57 bits per heavy atom. The number of quaternary nitrogens is 1. The largest absolute Gasteiger partial charge is 0.398 e. The number of likely N-dealkylation sites (N-methyl/N-ethyl adjacent to an activating group) is 1. The van der Waals surface area contributed by atoms with E-state index in [1.54, 1.807) is 0 Å². The van der Waals surface area contributed by atoms with Gasteiger partial charge in [0.05, 0.1) is 0 Å². The van der Waals surface area contributed by atoms with E-state index in [4.69, 9.17) is 0 Å². The van der Waals surface area contributed by atoms with Crippen LogP contribution in [0.1, 0.15) is 0 Å². The van der Waals surface area contributed by atoms with Gasteiger partial charge in [-0.05, 0) is 0 Å². The maximum atomic E-state index is 9.99. The number of hydrogen-bond donors (Lipinski definition) is 2. The zero-order valence-corrected chi connectivity index (χ0v) is 4.02. The third kappa shape index (κ3) is 1.88. The minimum Gasteiger partial charge on any atom is -0.347 e. The van der Waals surface area contributed by atoms with Crippen LogP contribution < -0.4 is 11.1 Å². The maximum absolute atomic E-state index is 9.99. The molecule has 0 radical (unpaired) electrons. The second kappa shape index (κ2) is 2.30. The van der Waals surface area contributed by atoms with Gasteiger partial charge in [0.15, 0.2) is 0 Å². The van der Waals surface area contributed by atoms with Crippen molar-refractivity contribution < 1.29 is 15.3 Å². The Hall–Kier alpha value is -0.900. The van der Waals surface area contributed by atoms with E-state index in [-0.39, 0.29) is 0 Å². The zero-order valence-electron chi connectivity index (χ0n) is 4.02. The Morgan fingerprint density at radius 3 is 2.00 bits per heavy atom. The highest BCUT2D eigenvalue weighted by Crippen LogP contribution is 1.50. The lowest BCUT2D eigenvalue weighted by molar-refractivity contribution is -0.300. The Bertz CT molecular complexity index is 99.1. The Labute approximate surface area is 40.7 Å². The third-order valence-electron chi connectivity index (χ3n) is 0.480. The lowest BCUT2D eigenvalue weighted by Crippen LogP contribution is -2.63. The number of carbonyl (C=O) groups excluding carboxylic acids is 2. The second-order valence-corrected chi connectivity index (χ2v) is 1.00. The molecule has 40 valence electrons. The molecule has 0 rings (SSSR count). The molecule has 4 heteroatoms. The average molecular weight is 103 g/mol. The molecule has 0 aromatic rings. The van der Waals surface area contributed by atoms with Crippen LogP contribution in [0.4, 0.5) is 0 Å². The first-order valence-corrected chi connectivity index (χ1v) is 1.76. The predicted molar refractivity (Wildman–Crippen MR) is 22.0 cm³/mol. The molecule has 0 aliphatic rings. The molecule has 0 spiro atoms. The SMILES string of the molecule is CNC(=O)C([NH3+])=O. The van der Waals surface area contributed by atoms with Crippen molar-refractivity contribution in [3.63, 3.8) is 0 Å². The van der Waals surface area contributed by atoms with Crippen LogP contribution in [-0.4, -0.2) is 18.9 Å². The Morgan fingerprint density at radius 2 is 2.00 bits per heavy atom. The highest BCUT2D eigenvalue weighted by molar-refractivity contribution is 6.30. The standard InChI is InChI=1S/C3H6N2O2/c1-5-3(7)2(4)6/h1H3,(H2,4,6)(H,5,7)/p+1. The van der Waals surface area contributed by atoms with E-state index in [0.29, 0.717) is 0 Å². The maximum Gasteiger partial charge on any atom is 0.398 e. The van der Waals surface area contributed by atoms with Crippen molar-refractivity contribution >= 4 is 11.8 Å². The summed E-state index contributed by atoms with van der Waals surface area (Å²) < 4.78 is 0. The molecule has 0 aromatic heterocycles. The van der Waals surface area contributed by atoms with Gasteiger partial charge >= 0.3 is 11.8 Å². The number of hydrogen-bond acceptors (Lipinski definition) is 2. The number of carbonyl (C=O) groups is 2. The van der Waals surface area contributed by atoms with Crippen LogP contribution in [0.15, 0.2) is 0 Å². The summed E-state index contributed by atoms with van der Waals surface area (Å²) in [6.07, 6.45) is 0. The Balaban J connectivity index is 3.58.